The summed E-state index contributed by atoms with van der Waals surface area (Å²) < 4.78 is 5.75. The molecule has 0 bridgehead atoms. The molecular formula is C23H24N2O2S. The van der Waals surface area contributed by atoms with Crippen molar-refractivity contribution in [3.05, 3.63) is 84.4 Å². The molecule has 0 aromatic heterocycles. The first-order chi connectivity index (χ1) is 13.7. The molecule has 4 nitrogen and oxygen atoms in total. The number of hydrogen-bond acceptors (Lipinski definition) is 3. The van der Waals surface area contributed by atoms with Crippen LogP contribution in [0.3, 0.4) is 0 Å². The van der Waals surface area contributed by atoms with Crippen LogP contribution in [-0.2, 0) is 0 Å². The molecule has 0 spiro atoms. The van der Waals surface area contributed by atoms with Crippen LogP contribution in [0.15, 0.2) is 88.7 Å². The molecule has 2 amide bonds. The van der Waals surface area contributed by atoms with E-state index < -0.39 is 0 Å². The monoisotopic (exact) mass is 392 g/mol. The highest BCUT2D eigenvalue weighted by Crippen LogP contribution is 2.33. The predicted octanol–water partition coefficient (Wildman–Crippen LogP) is 5.74. The molecule has 0 radical (unpaired) electrons. The van der Waals surface area contributed by atoms with Crippen LogP contribution in [-0.4, -0.2) is 19.2 Å². The van der Waals surface area contributed by atoms with Crippen LogP contribution >= 0.6 is 11.8 Å². The zero-order valence-corrected chi connectivity index (χ0v) is 16.7. The van der Waals surface area contributed by atoms with Crippen LogP contribution in [0.25, 0.3) is 0 Å². The predicted molar refractivity (Wildman–Crippen MR) is 115 cm³/mol. The number of benzene rings is 3. The third-order valence-corrected chi connectivity index (χ3v) is 5.15. The maximum atomic E-state index is 12.2. The van der Waals surface area contributed by atoms with Gasteiger partial charge in [0.15, 0.2) is 0 Å². The summed E-state index contributed by atoms with van der Waals surface area (Å²) in [6, 6.07) is 25.6. The van der Waals surface area contributed by atoms with E-state index in [0.717, 1.165) is 33.2 Å². The highest BCUT2D eigenvalue weighted by Gasteiger charge is 2.07. The number of anilines is 1. The van der Waals surface area contributed by atoms with Gasteiger partial charge in [0.05, 0.1) is 12.3 Å². The Kier molecular flexibility index (Phi) is 7.38. The van der Waals surface area contributed by atoms with Gasteiger partial charge in [0.1, 0.15) is 5.75 Å². The molecule has 0 aliphatic heterocycles. The number of rotatable bonds is 8. The number of urea groups is 1. The Hall–Kier alpha value is -2.92. The van der Waals surface area contributed by atoms with Crippen LogP contribution in [0.1, 0.15) is 12.0 Å². The second-order valence-corrected chi connectivity index (χ2v) is 7.38. The van der Waals surface area contributed by atoms with Gasteiger partial charge in [-0.15, -0.1) is 0 Å². The van der Waals surface area contributed by atoms with Gasteiger partial charge in [0, 0.05) is 16.3 Å². The molecule has 0 fully saturated rings. The quantitative estimate of drug-likeness (QED) is 0.481. The average molecular weight is 393 g/mol. The molecule has 0 atom stereocenters. The minimum atomic E-state index is -0.211. The van der Waals surface area contributed by atoms with Crippen molar-refractivity contribution in [2.24, 2.45) is 0 Å². The second-order valence-electron chi connectivity index (χ2n) is 6.26. The summed E-state index contributed by atoms with van der Waals surface area (Å²) in [5.41, 5.74) is 1.91. The maximum absolute atomic E-state index is 12.2. The molecule has 0 aliphatic rings. The molecule has 0 unspecified atom stereocenters. The lowest BCUT2D eigenvalue weighted by Gasteiger charge is -2.12. The van der Waals surface area contributed by atoms with Gasteiger partial charge in [0.2, 0.25) is 0 Å². The topological polar surface area (TPSA) is 50.4 Å². The number of carbonyl (C=O) groups is 1. The molecule has 0 saturated heterocycles. The number of aryl methyl sites for hydroxylation is 1. The van der Waals surface area contributed by atoms with Gasteiger partial charge < -0.3 is 15.4 Å². The minimum absolute atomic E-state index is 0.211. The fourth-order valence-corrected chi connectivity index (χ4v) is 3.54. The third kappa shape index (κ3) is 6.06. The Morgan fingerprint density at radius 3 is 2.46 bits per heavy atom. The van der Waals surface area contributed by atoms with Crippen LogP contribution < -0.4 is 15.4 Å². The summed E-state index contributed by atoms with van der Waals surface area (Å²) in [6.07, 6.45) is 0.738. The van der Waals surface area contributed by atoms with Crippen LogP contribution in [0.5, 0.6) is 5.75 Å². The van der Waals surface area contributed by atoms with E-state index in [-0.39, 0.29) is 6.03 Å². The standard InChI is InChI=1S/C23H24N2O2S/c1-18-10-5-7-14-21(18)27-17-9-16-24-23(26)25-20-13-6-8-15-22(20)28-19-11-3-2-4-12-19/h2-8,10-15H,9,16-17H2,1H3,(H2,24,25,26). The first-order valence-electron chi connectivity index (χ1n) is 9.27. The number of hydrogen-bond donors (Lipinski definition) is 2. The molecule has 2 N–H and O–H groups in total. The lowest BCUT2D eigenvalue weighted by molar-refractivity contribution is 0.250. The van der Waals surface area contributed by atoms with Crippen molar-refractivity contribution in [3.8, 4) is 5.75 Å². The van der Waals surface area contributed by atoms with Gasteiger partial charge in [-0.1, -0.05) is 60.3 Å². The van der Waals surface area contributed by atoms with E-state index in [1.807, 2.05) is 73.7 Å². The van der Waals surface area contributed by atoms with Crippen molar-refractivity contribution >= 4 is 23.5 Å². The average Bonchev–Trinajstić information content (AvgIpc) is 2.71. The molecule has 144 valence electrons. The van der Waals surface area contributed by atoms with Gasteiger partial charge in [-0.3, -0.25) is 0 Å². The van der Waals surface area contributed by atoms with Crippen molar-refractivity contribution in [2.45, 2.75) is 23.1 Å². The van der Waals surface area contributed by atoms with Gasteiger partial charge in [-0.25, -0.2) is 4.79 Å². The fourth-order valence-electron chi connectivity index (χ4n) is 2.62. The van der Waals surface area contributed by atoms with E-state index in [2.05, 4.69) is 22.8 Å². The first-order valence-corrected chi connectivity index (χ1v) is 10.1. The Balaban J connectivity index is 1.44. The Bertz CT molecular complexity index is 900. The number of nitrogens with one attached hydrogen (secondary N) is 2. The molecule has 3 aromatic rings. The lowest BCUT2D eigenvalue weighted by atomic mass is 10.2. The third-order valence-electron chi connectivity index (χ3n) is 4.06. The molecule has 0 heterocycles. The van der Waals surface area contributed by atoms with Gasteiger partial charge in [-0.05, 0) is 49.2 Å². The van der Waals surface area contributed by atoms with E-state index in [1.165, 1.54) is 0 Å². The highest BCUT2D eigenvalue weighted by atomic mass is 32.2. The van der Waals surface area contributed by atoms with Crippen LogP contribution in [0.4, 0.5) is 10.5 Å². The summed E-state index contributed by atoms with van der Waals surface area (Å²) >= 11 is 1.62. The smallest absolute Gasteiger partial charge is 0.319 e. The highest BCUT2D eigenvalue weighted by molar-refractivity contribution is 7.99. The number of para-hydroxylation sites is 2. The number of ether oxygens (including phenoxy) is 1. The zero-order valence-electron chi connectivity index (χ0n) is 15.9. The second kappa shape index (κ2) is 10.4. The Labute approximate surface area is 170 Å². The molecule has 0 aliphatic carbocycles. The van der Waals surface area contributed by atoms with Crippen molar-refractivity contribution in [1.29, 1.82) is 0 Å². The van der Waals surface area contributed by atoms with Gasteiger partial charge in [0.25, 0.3) is 0 Å². The summed E-state index contributed by atoms with van der Waals surface area (Å²) in [7, 11) is 0. The fraction of sp³-hybridized carbons (Fsp3) is 0.174. The molecule has 28 heavy (non-hydrogen) atoms. The summed E-state index contributed by atoms with van der Waals surface area (Å²) in [6.45, 7) is 3.13. The Morgan fingerprint density at radius 1 is 0.929 bits per heavy atom. The van der Waals surface area contributed by atoms with Crippen molar-refractivity contribution in [3.63, 3.8) is 0 Å². The van der Waals surface area contributed by atoms with E-state index in [9.17, 15) is 4.79 Å². The number of amides is 2. The lowest BCUT2D eigenvalue weighted by Crippen LogP contribution is -2.30. The normalized spacial score (nSPS) is 10.3. The SMILES string of the molecule is Cc1ccccc1OCCCNC(=O)Nc1ccccc1Sc1ccccc1. The van der Waals surface area contributed by atoms with Crippen molar-refractivity contribution in [1.82, 2.24) is 5.32 Å². The maximum Gasteiger partial charge on any atom is 0.319 e. The summed E-state index contributed by atoms with van der Waals surface area (Å²) in [4.78, 5) is 14.4. The van der Waals surface area contributed by atoms with Gasteiger partial charge >= 0.3 is 6.03 Å². The van der Waals surface area contributed by atoms with Crippen molar-refractivity contribution in [2.75, 3.05) is 18.5 Å². The molecule has 3 rings (SSSR count). The first kappa shape index (κ1) is 19.8. The molecule has 5 heteroatoms. The van der Waals surface area contributed by atoms with Crippen LogP contribution in [0, 0.1) is 6.92 Å². The zero-order chi connectivity index (χ0) is 19.6. The van der Waals surface area contributed by atoms with E-state index >= 15 is 0 Å². The molecular weight excluding hydrogens is 368 g/mol. The largest absolute Gasteiger partial charge is 0.493 e. The van der Waals surface area contributed by atoms with Crippen LogP contribution in [0.2, 0.25) is 0 Å². The van der Waals surface area contributed by atoms with E-state index in [4.69, 9.17) is 4.74 Å². The summed E-state index contributed by atoms with van der Waals surface area (Å²) in [5, 5.41) is 5.82. The minimum Gasteiger partial charge on any atom is -0.493 e. The van der Waals surface area contributed by atoms with Gasteiger partial charge in [-0.2, -0.15) is 0 Å². The number of carbonyl (C=O) groups excluding carboxylic acids is 1. The summed E-state index contributed by atoms with van der Waals surface area (Å²) in [5.74, 6) is 0.888. The Morgan fingerprint density at radius 2 is 1.64 bits per heavy atom. The molecule has 0 saturated carbocycles. The van der Waals surface area contributed by atoms with E-state index in [0.29, 0.717) is 13.2 Å². The van der Waals surface area contributed by atoms with E-state index in [1.54, 1.807) is 11.8 Å². The van der Waals surface area contributed by atoms with Crippen molar-refractivity contribution < 1.29 is 9.53 Å². The molecule has 3 aromatic carbocycles.